The molecule has 0 aliphatic carbocycles. The van der Waals surface area contributed by atoms with Crippen LogP contribution in [0.1, 0.15) is 26.2 Å². The van der Waals surface area contributed by atoms with E-state index in [1.54, 1.807) is 4.90 Å². The number of carbonyl (C=O) groups is 2. The normalized spacial score (nSPS) is 17.7. The fourth-order valence-electron chi connectivity index (χ4n) is 3.09. The molecule has 2 aromatic rings. The SMILES string of the molecule is CCCCNC(=O)[C@@H]1CC(=O)N(c2cccc3ccccc23)C1. The molecule has 4 nitrogen and oxygen atoms in total. The van der Waals surface area contributed by atoms with Gasteiger partial charge in [-0.25, -0.2) is 0 Å². The summed E-state index contributed by atoms with van der Waals surface area (Å²) in [5.41, 5.74) is 0.900. The molecule has 1 fully saturated rings. The van der Waals surface area contributed by atoms with E-state index in [0.29, 0.717) is 19.5 Å². The van der Waals surface area contributed by atoms with Crippen molar-refractivity contribution in [3.8, 4) is 0 Å². The Balaban J connectivity index is 1.78. The zero-order valence-corrected chi connectivity index (χ0v) is 13.4. The summed E-state index contributed by atoms with van der Waals surface area (Å²) in [5.74, 6) is -0.232. The molecule has 4 heteroatoms. The van der Waals surface area contributed by atoms with Crippen molar-refractivity contribution >= 4 is 28.3 Å². The van der Waals surface area contributed by atoms with Crippen molar-refractivity contribution in [2.24, 2.45) is 5.92 Å². The molecule has 0 unspecified atom stereocenters. The van der Waals surface area contributed by atoms with Gasteiger partial charge in [-0.2, -0.15) is 0 Å². The number of benzene rings is 2. The summed E-state index contributed by atoms with van der Waals surface area (Å²) in [4.78, 5) is 26.4. The summed E-state index contributed by atoms with van der Waals surface area (Å²) >= 11 is 0. The Morgan fingerprint density at radius 3 is 2.83 bits per heavy atom. The first-order valence-electron chi connectivity index (χ1n) is 8.26. The number of amides is 2. The standard InChI is InChI=1S/C19H22N2O2/c1-2-3-11-20-19(23)15-12-18(22)21(13-15)17-10-6-8-14-7-4-5-9-16(14)17/h4-10,15H,2-3,11-13H2,1H3,(H,20,23)/t15-/m1/s1. The Hall–Kier alpha value is -2.36. The van der Waals surface area contributed by atoms with Crippen molar-refractivity contribution in [1.82, 2.24) is 5.32 Å². The molecule has 1 saturated heterocycles. The van der Waals surface area contributed by atoms with Crippen molar-refractivity contribution in [1.29, 1.82) is 0 Å². The minimum Gasteiger partial charge on any atom is -0.356 e. The molecule has 0 spiro atoms. The third kappa shape index (κ3) is 3.21. The molecule has 1 aliphatic heterocycles. The maximum Gasteiger partial charge on any atom is 0.227 e. The summed E-state index contributed by atoms with van der Waals surface area (Å²) in [6.07, 6.45) is 2.31. The van der Waals surface area contributed by atoms with E-state index in [9.17, 15) is 9.59 Å². The number of anilines is 1. The van der Waals surface area contributed by atoms with E-state index >= 15 is 0 Å². The van der Waals surface area contributed by atoms with Crippen LogP contribution in [-0.2, 0) is 9.59 Å². The highest BCUT2D eigenvalue weighted by Crippen LogP contribution is 2.31. The number of fused-ring (bicyclic) bond motifs is 1. The highest BCUT2D eigenvalue weighted by molar-refractivity contribution is 6.06. The van der Waals surface area contributed by atoms with Gasteiger partial charge in [0, 0.05) is 24.9 Å². The van der Waals surface area contributed by atoms with Gasteiger partial charge in [-0.15, -0.1) is 0 Å². The van der Waals surface area contributed by atoms with Crippen molar-refractivity contribution < 1.29 is 9.59 Å². The smallest absolute Gasteiger partial charge is 0.227 e. The first-order valence-corrected chi connectivity index (χ1v) is 8.26. The van der Waals surface area contributed by atoms with E-state index in [2.05, 4.69) is 12.2 Å². The second-order valence-electron chi connectivity index (χ2n) is 6.05. The lowest BCUT2D eigenvalue weighted by molar-refractivity contribution is -0.126. The topological polar surface area (TPSA) is 49.4 Å². The highest BCUT2D eigenvalue weighted by atomic mass is 16.2. The van der Waals surface area contributed by atoms with Gasteiger partial charge in [0.2, 0.25) is 11.8 Å². The van der Waals surface area contributed by atoms with Crippen molar-refractivity contribution in [3.05, 3.63) is 42.5 Å². The minimum atomic E-state index is -0.252. The molecule has 1 atom stereocenters. The lowest BCUT2D eigenvalue weighted by Crippen LogP contribution is -2.33. The van der Waals surface area contributed by atoms with Gasteiger partial charge in [-0.05, 0) is 17.9 Å². The molecule has 120 valence electrons. The maximum absolute atomic E-state index is 12.4. The third-order valence-corrected chi connectivity index (χ3v) is 4.38. The second-order valence-corrected chi connectivity index (χ2v) is 6.05. The van der Waals surface area contributed by atoms with Gasteiger partial charge < -0.3 is 10.2 Å². The van der Waals surface area contributed by atoms with Crippen molar-refractivity contribution in [2.45, 2.75) is 26.2 Å². The molecule has 1 heterocycles. The Labute approximate surface area is 136 Å². The number of hydrogen-bond donors (Lipinski definition) is 1. The third-order valence-electron chi connectivity index (χ3n) is 4.38. The number of hydrogen-bond acceptors (Lipinski definition) is 2. The molecule has 2 aromatic carbocycles. The van der Waals surface area contributed by atoms with Crippen molar-refractivity contribution in [2.75, 3.05) is 18.0 Å². The van der Waals surface area contributed by atoms with Crippen LogP contribution in [0.2, 0.25) is 0 Å². The largest absolute Gasteiger partial charge is 0.356 e. The molecule has 0 saturated carbocycles. The molecule has 3 rings (SSSR count). The van der Waals surface area contributed by atoms with Gasteiger partial charge in [0.25, 0.3) is 0 Å². The lowest BCUT2D eigenvalue weighted by Gasteiger charge is -2.19. The molecular weight excluding hydrogens is 288 g/mol. The number of unbranched alkanes of at least 4 members (excludes halogenated alkanes) is 1. The van der Waals surface area contributed by atoms with Crippen LogP contribution < -0.4 is 10.2 Å². The summed E-state index contributed by atoms with van der Waals surface area (Å²) in [6, 6.07) is 14.0. The van der Waals surface area contributed by atoms with Crippen LogP contribution in [0.3, 0.4) is 0 Å². The van der Waals surface area contributed by atoms with Gasteiger partial charge >= 0.3 is 0 Å². The minimum absolute atomic E-state index is 0.00506. The molecule has 0 bridgehead atoms. The average Bonchev–Trinajstić information content (AvgIpc) is 2.96. The van der Waals surface area contributed by atoms with Crippen molar-refractivity contribution in [3.63, 3.8) is 0 Å². The molecule has 0 radical (unpaired) electrons. The first-order chi connectivity index (χ1) is 11.2. The maximum atomic E-state index is 12.4. The van der Waals surface area contributed by atoms with Crippen LogP contribution in [-0.4, -0.2) is 24.9 Å². The number of nitrogens with one attached hydrogen (secondary N) is 1. The summed E-state index contributed by atoms with van der Waals surface area (Å²) in [6.45, 7) is 3.24. The predicted molar refractivity (Wildman–Crippen MR) is 92.3 cm³/mol. The summed E-state index contributed by atoms with van der Waals surface area (Å²) in [5, 5.41) is 5.09. The van der Waals surface area contributed by atoms with Crippen LogP contribution in [0.4, 0.5) is 5.69 Å². The highest BCUT2D eigenvalue weighted by Gasteiger charge is 2.35. The van der Waals surface area contributed by atoms with E-state index in [1.807, 2.05) is 42.5 Å². The van der Waals surface area contributed by atoms with Gasteiger partial charge in [0.05, 0.1) is 11.6 Å². The average molecular weight is 310 g/mol. The van der Waals surface area contributed by atoms with Gasteiger partial charge in [-0.1, -0.05) is 49.7 Å². The predicted octanol–water partition coefficient (Wildman–Crippen LogP) is 3.11. The Bertz CT molecular complexity index is 721. The fourth-order valence-corrected chi connectivity index (χ4v) is 3.09. The van der Waals surface area contributed by atoms with Gasteiger partial charge in [0.15, 0.2) is 0 Å². The van der Waals surface area contributed by atoms with E-state index < -0.39 is 0 Å². The molecule has 1 N–H and O–H groups in total. The van der Waals surface area contributed by atoms with E-state index in [-0.39, 0.29) is 17.7 Å². The van der Waals surface area contributed by atoms with Crippen LogP contribution >= 0.6 is 0 Å². The number of nitrogens with zero attached hydrogens (tertiary/aromatic N) is 1. The zero-order chi connectivity index (χ0) is 16.2. The monoisotopic (exact) mass is 310 g/mol. The number of rotatable bonds is 5. The first kappa shape index (κ1) is 15.5. The molecule has 23 heavy (non-hydrogen) atoms. The van der Waals surface area contributed by atoms with E-state index in [4.69, 9.17) is 0 Å². The lowest BCUT2D eigenvalue weighted by atomic mass is 10.1. The van der Waals surface area contributed by atoms with Crippen LogP contribution in [0.25, 0.3) is 10.8 Å². The van der Waals surface area contributed by atoms with Crippen LogP contribution in [0.15, 0.2) is 42.5 Å². The number of carbonyl (C=O) groups excluding carboxylic acids is 2. The second kappa shape index (κ2) is 6.82. The molecule has 1 aliphatic rings. The van der Waals surface area contributed by atoms with E-state index in [1.165, 1.54) is 0 Å². The van der Waals surface area contributed by atoms with Crippen LogP contribution in [0.5, 0.6) is 0 Å². The van der Waals surface area contributed by atoms with Crippen LogP contribution in [0, 0.1) is 5.92 Å². The van der Waals surface area contributed by atoms with Gasteiger partial charge in [0.1, 0.15) is 0 Å². The fraction of sp³-hybridized carbons (Fsp3) is 0.368. The Morgan fingerprint density at radius 1 is 1.22 bits per heavy atom. The van der Waals surface area contributed by atoms with Gasteiger partial charge in [-0.3, -0.25) is 9.59 Å². The molecule has 0 aromatic heterocycles. The summed E-state index contributed by atoms with van der Waals surface area (Å²) < 4.78 is 0. The van der Waals surface area contributed by atoms with E-state index in [0.717, 1.165) is 29.3 Å². The quantitative estimate of drug-likeness (QED) is 0.863. The molecular formula is C19H22N2O2. The summed E-state index contributed by atoms with van der Waals surface area (Å²) in [7, 11) is 0. The molecule has 2 amide bonds. The Kier molecular flexibility index (Phi) is 4.60. The zero-order valence-electron chi connectivity index (χ0n) is 13.4. The Morgan fingerprint density at radius 2 is 2.00 bits per heavy atom.